The molecule has 0 aromatic carbocycles. The summed E-state index contributed by atoms with van der Waals surface area (Å²) in [5.41, 5.74) is -1.13. The highest BCUT2D eigenvalue weighted by molar-refractivity contribution is 6.19. The van der Waals surface area contributed by atoms with E-state index < -0.39 is 11.4 Å². The molecule has 0 aromatic rings. The van der Waals surface area contributed by atoms with Crippen molar-refractivity contribution < 1.29 is 14.4 Å². The molecule has 2 bridgehead atoms. The molecule has 2 saturated carbocycles. The summed E-state index contributed by atoms with van der Waals surface area (Å²) in [5, 5.41) is 6.64. The van der Waals surface area contributed by atoms with Gasteiger partial charge >= 0.3 is 6.03 Å². The van der Waals surface area contributed by atoms with Gasteiger partial charge in [0.25, 0.3) is 0 Å². The summed E-state index contributed by atoms with van der Waals surface area (Å²) < 4.78 is 0. The van der Waals surface area contributed by atoms with Gasteiger partial charge in [-0.05, 0) is 67.6 Å². The Kier molecular flexibility index (Phi) is 4.32. The average Bonchev–Trinajstić information content (AvgIpc) is 2.95. The third-order valence-corrected chi connectivity index (χ3v) is 10.1. The smallest absolute Gasteiger partial charge is 0.298 e. The van der Waals surface area contributed by atoms with Gasteiger partial charge in [0.05, 0.1) is 6.17 Å². The second-order valence-corrected chi connectivity index (χ2v) is 13.0. The van der Waals surface area contributed by atoms with Gasteiger partial charge in [0.15, 0.2) is 0 Å². The van der Waals surface area contributed by atoms with E-state index >= 15 is 0 Å². The largest absolute Gasteiger partial charge is 0.330 e. The van der Waals surface area contributed by atoms with Gasteiger partial charge in [-0.2, -0.15) is 0 Å². The van der Waals surface area contributed by atoms with Crippen LogP contribution in [0.25, 0.3) is 0 Å². The third kappa shape index (κ3) is 2.64. The number of carbonyl (C=O) groups excluding carboxylic acids is 3. The fraction of sp³-hybridized carbons (Fsp3) is 0.880. The van der Waals surface area contributed by atoms with E-state index in [9.17, 15) is 14.4 Å². The van der Waals surface area contributed by atoms with E-state index in [4.69, 9.17) is 0 Å². The number of amides is 4. The van der Waals surface area contributed by atoms with Gasteiger partial charge in [-0.1, -0.05) is 33.6 Å². The van der Waals surface area contributed by atoms with Crippen molar-refractivity contribution in [3.05, 3.63) is 0 Å². The van der Waals surface area contributed by atoms with E-state index in [0.717, 1.165) is 25.7 Å². The molecule has 6 rings (SSSR count). The molecule has 7 heteroatoms. The predicted octanol–water partition coefficient (Wildman–Crippen LogP) is 2.85. The number of imide groups is 2. The van der Waals surface area contributed by atoms with Crippen molar-refractivity contribution in [2.24, 2.45) is 28.1 Å². The van der Waals surface area contributed by atoms with Crippen molar-refractivity contribution in [3.8, 4) is 0 Å². The Morgan fingerprint density at radius 2 is 1.72 bits per heavy atom. The van der Waals surface area contributed by atoms with E-state index in [0.29, 0.717) is 24.4 Å². The van der Waals surface area contributed by atoms with Gasteiger partial charge in [-0.15, -0.1) is 0 Å². The highest BCUT2D eigenvalue weighted by atomic mass is 16.2. The van der Waals surface area contributed by atoms with Gasteiger partial charge in [-0.3, -0.25) is 30.0 Å². The van der Waals surface area contributed by atoms with Crippen LogP contribution >= 0.6 is 0 Å². The molecule has 176 valence electrons. The summed E-state index contributed by atoms with van der Waals surface area (Å²) in [7, 11) is 1.53. The molecule has 2 N–H and O–H groups in total. The topological polar surface area (TPSA) is 81.8 Å². The first kappa shape index (κ1) is 21.1. The Labute approximate surface area is 191 Å². The summed E-state index contributed by atoms with van der Waals surface area (Å²) >= 11 is 0. The highest BCUT2D eigenvalue weighted by Gasteiger charge is 2.73. The molecular weight excluding hydrogens is 404 g/mol. The highest BCUT2D eigenvalue weighted by Crippen LogP contribution is 2.65. The minimum Gasteiger partial charge on any atom is -0.298 e. The number of piperidine rings is 2. The number of rotatable bonds is 0. The minimum absolute atomic E-state index is 0.128. The summed E-state index contributed by atoms with van der Waals surface area (Å²) in [4.78, 5) is 43.7. The van der Waals surface area contributed by atoms with Gasteiger partial charge in [0, 0.05) is 25.2 Å². The summed E-state index contributed by atoms with van der Waals surface area (Å²) in [6.07, 6.45) is 10.0. The number of carbonyl (C=O) groups is 3. The Bertz CT molecular complexity index is 888. The van der Waals surface area contributed by atoms with Crippen LogP contribution in [0.5, 0.6) is 0 Å². The van der Waals surface area contributed by atoms with Crippen LogP contribution in [0.1, 0.15) is 78.6 Å². The molecule has 0 radical (unpaired) electrons. The number of nitrogens with zero attached hydrogens (tertiary/aromatic N) is 2. The molecule has 4 heterocycles. The van der Waals surface area contributed by atoms with Crippen LogP contribution in [0.15, 0.2) is 0 Å². The fourth-order valence-corrected chi connectivity index (χ4v) is 9.55. The van der Waals surface area contributed by atoms with E-state index in [1.165, 1.54) is 37.6 Å². The van der Waals surface area contributed by atoms with Crippen molar-refractivity contribution in [3.63, 3.8) is 0 Å². The first-order valence-corrected chi connectivity index (χ1v) is 12.7. The molecule has 4 unspecified atom stereocenters. The molecule has 2 aliphatic carbocycles. The van der Waals surface area contributed by atoms with Gasteiger partial charge < -0.3 is 0 Å². The van der Waals surface area contributed by atoms with Gasteiger partial charge in [-0.25, -0.2) is 4.79 Å². The van der Waals surface area contributed by atoms with Gasteiger partial charge in [0.2, 0.25) is 11.8 Å². The Morgan fingerprint density at radius 3 is 2.50 bits per heavy atom. The van der Waals surface area contributed by atoms with Crippen LogP contribution < -0.4 is 10.6 Å². The van der Waals surface area contributed by atoms with Crippen LogP contribution in [0, 0.1) is 28.1 Å². The number of hydrogen-bond donors (Lipinski definition) is 2. The van der Waals surface area contributed by atoms with Crippen molar-refractivity contribution >= 4 is 17.8 Å². The third-order valence-electron chi connectivity index (χ3n) is 10.1. The van der Waals surface area contributed by atoms with Crippen LogP contribution in [0.3, 0.4) is 0 Å². The maximum Gasteiger partial charge on any atom is 0.330 e. The summed E-state index contributed by atoms with van der Waals surface area (Å²) in [5.74, 6) is 0.259. The van der Waals surface area contributed by atoms with E-state index in [1.807, 2.05) is 0 Å². The lowest BCUT2D eigenvalue weighted by Gasteiger charge is -2.60. The van der Waals surface area contributed by atoms with Gasteiger partial charge in [0.1, 0.15) is 5.41 Å². The zero-order valence-corrected chi connectivity index (χ0v) is 19.9. The molecule has 4 saturated heterocycles. The minimum atomic E-state index is -1.17. The maximum absolute atomic E-state index is 13.9. The molecule has 8 atom stereocenters. The van der Waals surface area contributed by atoms with Crippen molar-refractivity contribution in [2.45, 2.75) is 103 Å². The first-order valence-electron chi connectivity index (χ1n) is 12.7. The first-order chi connectivity index (χ1) is 15.1. The van der Waals surface area contributed by atoms with E-state index in [2.05, 4.69) is 36.3 Å². The quantitative estimate of drug-likeness (QED) is 0.564. The lowest BCUT2D eigenvalue weighted by molar-refractivity contribution is -0.175. The van der Waals surface area contributed by atoms with Crippen LogP contribution in [0.4, 0.5) is 4.79 Å². The standard InChI is InChI=1S/C25H38N4O3/c1-23(2)11-16-12-24(3,13-23)19-25(20(30)27-22(32)28(4)21(25)31)10-15-9-14-7-5-6-8-17(14)26-18(15)29(16)19/h14-19,26H,5-13H2,1-4H3,(H,27,30,32)/t14?,15?,16-,17?,18?,19+,24-,25+/m1/s1. The number of fused-ring (bicyclic) bond motifs is 9. The molecule has 6 fully saturated rings. The summed E-state index contributed by atoms with van der Waals surface area (Å²) in [6.45, 7) is 6.98. The number of hydrogen-bond acceptors (Lipinski definition) is 5. The number of nitrogens with one attached hydrogen (secondary N) is 2. The monoisotopic (exact) mass is 442 g/mol. The zero-order chi connectivity index (χ0) is 22.6. The van der Waals surface area contributed by atoms with Crippen LogP contribution in [-0.4, -0.2) is 59.0 Å². The number of urea groups is 1. The molecular formula is C25H38N4O3. The Morgan fingerprint density at radius 1 is 0.969 bits per heavy atom. The normalized spacial score (nSPS) is 50.0. The average molecular weight is 443 g/mol. The summed E-state index contributed by atoms with van der Waals surface area (Å²) in [6, 6.07) is 0.175. The van der Waals surface area contributed by atoms with Crippen molar-refractivity contribution in [1.29, 1.82) is 0 Å². The van der Waals surface area contributed by atoms with Crippen LogP contribution in [0.2, 0.25) is 0 Å². The lowest BCUT2D eigenvalue weighted by Crippen LogP contribution is -2.77. The molecule has 6 aliphatic rings. The molecule has 1 spiro atoms. The second-order valence-electron chi connectivity index (χ2n) is 13.0. The van der Waals surface area contributed by atoms with Crippen LogP contribution in [-0.2, 0) is 9.59 Å². The molecule has 4 aliphatic heterocycles. The van der Waals surface area contributed by atoms with Crippen molar-refractivity contribution in [2.75, 3.05) is 7.05 Å². The second kappa shape index (κ2) is 6.56. The van der Waals surface area contributed by atoms with Crippen molar-refractivity contribution in [1.82, 2.24) is 20.4 Å². The Hall–Kier alpha value is -1.47. The lowest BCUT2D eigenvalue weighted by atomic mass is 9.54. The zero-order valence-electron chi connectivity index (χ0n) is 19.9. The van der Waals surface area contributed by atoms with E-state index in [-0.39, 0.29) is 40.8 Å². The predicted molar refractivity (Wildman–Crippen MR) is 119 cm³/mol. The molecule has 0 aromatic heterocycles. The molecule has 32 heavy (non-hydrogen) atoms. The Balaban J connectivity index is 1.49. The number of barbiturate groups is 1. The molecule has 4 amide bonds. The maximum atomic E-state index is 13.9. The van der Waals surface area contributed by atoms with E-state index in [1.54, 1.807) is 0 Å². The SMILES string of the molecule is CN1C(=O)NC(=O)[C@@]2(CC3CC4CCCCC4NC3N3[C@@H]4CC(C)(C)C[C@@](C)(C4)[C@H]32)C1=O. The fourth-order valence-electron chi connectivity index (χ4n) is 9.55. The molecule has 7 nitrogen and oxygen atoms in total.